The number of aryl methyl sites for hydroxylation is 1. The van der Waals surface area contributed by atoms with Crippen molar-refractivity contribution in [2.75, 3.05) is 0 Å². The fourth-order valence-corrected chi connectivity index (χ4v) is 1.65. The van der Waals surface area contributed by atoms with Gasteiger partial charge in [-0.25, -0.2) is 4.39 Å². The van der Waals surface area contributed by atoms with Crippen LogP contribution in [0, 0.1) is 12.7 Å². The monoisotopic (exact) mass is 228 g/mol. The highest BCUT2D eigenvalue weighted by Gasteiger charge is 2.06. The van der Waals surface area contributed by atoms with Crippen LogP contribution in [0.4, 0.5) is 4.39 Å². The summed E-state index contributed by atoms with van der Waals surface area (Å²) in [6, 6.07) is 5.03. The average molecular weight is 229 g/mol. The molecule has 1 nitrogen and oxygen atoms in total. The molecule has 0 aliphatic carbocycles. The Morgan fingerprint density at radius 3 is 2.83 bits per heavy atom. The molecule has 0 N–H and O–H groups in total. The summed E-state index contributed by atoms with van der Waals surface area (Å²) in [6.45, 7) is 1.80. The second-order valence-corrected chi connectivity index (χ2v) is 3.58. The zero-order valence-corrected chi connectivity index (χ0v) is 7.98. The maximum atomic E-state index is 13.1. The molecule has 0 amide bonds. The SMILES string of the molecule is Cc1cc2cc(Br)cc(F)c2o1. The highest BCUT2D eigenvalue weighted by atomic mass is 79.9. The van der Waals surface area contributed by atoms with Crippen molar-refractivity contribution in [3.63, 3.8) is 0 Å². The van der Waals surface area contributed by atoms with Crippen molar-refractivity contribution >= 4 is 26.9 Å². The molecule has 0 aliphatic rings. The highest BCUT2D eigenvalue weighted by Crippen LogP contribution is 2.25. The molecule has 0 fully saturated rings. The lowest BCUT2D eigenvalue weighted by molar-refractivity contribution is 0.538. The summed E-state index contributed by atoms with van der Waals surface area (Å²) in [5.41, 5.74) is 0.329. The van der Waals surface area contributed by atoms with E-state index in [-0.39, 0.29) is 5.82 Å². The number of halogens is 2. The predicted octanol–water partition coefficient (Wildman–Crippen LogP) is 3.64. The van der Waals surface area contributed by atoms with Gasteiger partial charge in [-0.3, -0.25) is 0 Å². The number of hydrogen-bond acceptors (Lipinski definition) is 1. The Kier molecular flexibility index (Phi) is 1.68. The lowest BCUT2D eigenvalue weighted by Gasteiger charge is -1.91. The molecule has 0 unspecified atom stereocenters. The van der Waals surface area contributed by atoms with Crippen molar-refractivity contribution in [3.8, 4) is 0 Å². The molecule has 0 aliphatic heterocycles. The minimum absolute atomic E-state index is 0.326. The number of fused-ring (bicyclic) bond motifs is 1. The van der Waals surface area contributed by atoms with Crippen LogP contribution in [-0.2, 0) is 0 Å². The second-order valence-electron chi connectivity index (χ2n) is 2.66. The lowest BCUT2D eigenvalue weighted by Crippen LogP contribution is -1.74. The summed E-state index contributed by atoms with van der Waals surface area (Å²) in [6.07, 6.45) is 0. The van der Waals surface area contributed by atoms with E-state index in [9.17, 15) is 4.39 Å². The first-order valence-corrected chi connectivity index (χ1v) is 4.31. The first-order chi connectivity index (χ1) is 5.66. The van der Waals surface area contributed by atoms with E-state index in [1.807, 2.05) is 12.1 Å². The van der Waals surface area contributed by atoms with E-state index in [0.717, 1.165) is 15.6 Å². The summed E-state index contributed by atoms with van der Waals surface area (Å²) in [5, 5.41) is 0.791. The van der Waals surface area contributed by atoms with Gasteiger partial charge in [0.15, 0.2) is 11.4 Å². The van der Waals surface area contributed by atoms with Crippen molar-refractivity contribution in [1.82, 2.24) is 0 Å². The lowest BCUT2D eigenvalue weighted by atomic mass is 10.2. The number of furan rings is 1. The minimum atomic E-state index is -0.326. The van der Waals surface area contributed by atoms with Gasteiger partial charge in [0.05, 0.1) is 0 Å². The summed E-state index contributed by atoms with van der Waals surface area (Å²) in [4.78, 5) is 0. The van der Waals surface area contributed by atoms with Gasteiger partial charge in [-0.15, -0.1) is 0 Å². The van der Waals surface area contributed by atoms with E-state index in [2.05, 4.69) is 15.9 Å². The normalized spacial score (nSPS) is 10.9. The molecule has 0 bridgehead atoms. The van der Waals surface area contributed by atoms with Gasteiger partial charge in [-0.2, -0.15) is 0 Å². The fourth-order valence-electron chi connectivity index (χ4n) is 1.20. The molecule has 0 saturated carbocycles. The van der Waals surface area contributed by atoms with Crippen LogP contribution >= 0.6 is 15.9 Å². The Bertz CT molecular complexity index is 433. The van der Waals surface area contributed by atoms with Gasteiger partial charge in [0.2, 0.25) is 0 Å². The molecule has 2 aromatic rings. The molecule has 0 radical (unpaired) electrons. The molecule has 62 valence electrons. The zero-order chi connectivity index (χ0) is 8.72. The molecule has 3 heteroatoms. The van der Waals surface area contributed by atoms with Crippen molar-refractivity contribution in [3.05, 3.63) is 34.2 Å². The van der Waals surface area contributed by atoms with Crippen molar-refractivity contribution < 1.29 is 8.81 Å². The van der Waals surface area contributed by atoms with Gasteiger partial charge < -0.3 is 4.42 Å². The van der Waals surface area contributed by atoms with Gasteiger partial charge in [-0.1, -0.05) is 15.9 Å². The number of hydrogen-bond donors (Lipinski definition) is 0. The topological polar surface area (TPSA) is 13.1 Å². The number of rotatable bonds is 0. The molecule has 0 spiro atoms. The van der Waals surface area contributed by atoms with Crippen LogP contribution in [0.2, 0.25) is 0 Å². The predicted molar refractivity (Wildman–Crippen MR) is 48.6 cm³/mol. The smallest absolute Gasteiger partial charge is 0.169 e. The van der Waals surface area contributed by atoms with Crippen LogP contribution in [0.1, 0.15) is 5.76 Å². The van der Waals surface area contributed by atoms with Crippen LogP contribution in [0.3, 0.4) is 0 Å². The molecule has 1 aromatic heterocycles. The molecular weight excluding hydrogens is 223 g/mol. The summed E-state index contributed by atoms with van der Waals surface area (Å²) >= 11 is 3.21. The molecule has 1 heterocycles. The summed E-state index contributed by atoms with van der Waals surface area (Å²) in [7, 11) is 0. The third kappa shape index (κ3) is 1.14. The van der Waals surface area contributed by atoms with Crippen LogP contribution in [0.5, 0.6) is 0 Å². The molecular formula is C9H6BrFO. The zero-order valence-electron chi connectivity index (χ0n) is 6.40. The summed E-state index contributed by atoms with van der Waals surface area (Å²) in [5.74, 6) is 0.398. The van der Waals surface area contributed by atoms with Gasteiger partial charge in [0.1, 0.15) is 5.76 Å². The maximum Gasteiger partial charge on any atom is 0.169 e. The standard InChI is InChI=1S/C9H6BrFO/c1-5-2-6-3-7(10)4-8(11)9(6)12-5/h2-4H,1H3. The Labute approximate surface area is 77.3 Å². The Morgan fingerprint density at radius 1 is 1.33 bits per heavy atom. The van der Waals surface area contributed by atoms with E-state index >= 15 is 0 Å². The van der Waals surface area contributed by atoms with Crippen LogP contribution in [0.25, 0.3) is 11.0 Å². The maximum absolute atomic E-state index is 13.1. The van der Waals surface area contributed by atoms with Crippen LogP contribution in [0.15, 0.2) is 27.1 Å². The van der Waals surface area contributed by atoms with Crippen LogP contribution in [-0.4, -0.2) is 0 Å². The van der Waals surface area contributed by atoms with Gasteiger partial charge in [0, 0.05) is 9.86 Å². The molecule has 0 atom stereocenters. The van der Waals surface area contributed by atoms with Crippen molar-refractivity contribution in [2.24, 2.45) is 0 Å². The average Bonchev–Trinajstić information content (AvgIpc) is 2.29. The highest BCUT2D eigenvalue weighted by molar-refractivity contribution is 9.10. The van der Waals surface area contributed by atoms with Gasteiger partial charge in [0.25, 0.3) is 0 Å². The largest absolute Gasteiger partial charge is 0.458 e. The second kappa shape index (κ2) is 2.59. The Hall–Kier alpha value is -0.830. The summed E-state index contributed by atoms with van der Waals surface area (Å²) < 4.78 is 19.0. The fraction of sp³-hybridized carbons (Fsp3) is 0.111. The molecule has 0 saturated heterocycles. The third-order valence-electron chi connectivity index (χ3n) is 1.66. The Balaban J connectivity index is 2.88. The third-order valence-corrected chi connectivity index (χ3v) is 2.12. The van der Waals surface area contributed by atoms with E-state index < -0.39 is 0 Å². The number of benzene rings is 1. The van der Waals surface area contributed by atoms with Gasteiger partial charge in [-0.05, 0) is 25.1 Å². The minimum Gasteiger partial charge on any atom is -0.458 e. The van der Waals surface area contributed by atoms with E-state index in [4.69, 9.17) is 4.42 Å². The quantitative estimate of drug-likeness (QED) is 0.672. The van der Waals surface area contributed by atoms with E-state index in [1.54, 1.807) is 6.92 Å². The molecule has 12 heavy (non-hydrogen) atoms. The first kappa shape index (κ1) is 7.80. The van der Waals surface area contributed by atoms with Crippen molar-refractivity contribution in [1.29, 1.82) is 0 Å². The molecule has 1 aromatic carbocycles. The van der Waals surface area contributed by atoms with Gasteiger partial charge >= 0.3 is 0 Å². The van der Waals surface area contributed by atoms with Crippen LogP contribution < -0.4 is 0 Å². The van der Waals surface area contributed by atoms with E-state index in [1.165, 1.54) is 6.07 Å². The van der Waals surface area contributed by atoms with Crippen molar-refractivity contribution in [2.45, 2.75) is 6.92 Å². The first-order valence-electron chi connectivity index (χ1n) is 3.52. The molecule has 2 rings (SSSR count). The van der Waals surface area contributed by atoms with E-state index in [0.29, 0.717) is 5.58 Å². The Morgan fingerprint density at radius 2 is 2.08 bits per heavy atom.